The molecule has 1 aromatic rings. The molecule has 1 aromatic carbocycles. The third kappa shape index (κ3) is 3.99. The standard InChI is InChI=1S/C16H24O/c1-5-6-7-8-9-16(17)15-11-13(3)12(2)10-14(15)4/h10-11H,5-9H2,1-4H3. The van der Waals surface area contributed by atoms with Crippen LogP contribution in [0.4, 0.5) is 0 Å². The molecule has 0 atom stereocenters. The van der Waals surface area contributed by atoms with E-state index in [2.05, 4.69) is 26.8 Å². The average Bonchev–Trinajstić information content (AvgIpc) is 2.29. The quantitative estimate of drug-likeness (QED) is 0.510. The molecule has 0 aromatic heterocycles. The Morgan fingerprint density at radius 1 is 0.941 bits per heavy atom. The van der Waals surface area contributed by atoms with E-state index in [1.165, 1.54) is 30.4 Å². The molecule has 0 N–H and O–H groups in total. The van der Waals surface area contributed by atoms with Gasteiger partial charge in [-0.15, -0.1) is 0 Å². The highest BCUT2D eigenvalue weighted by atomic mass is 16.1. The van der Waals surface area contributed by atoms with Crippen molar-refractivity contribution in [1.29, 1.82) is 0 Å². The fourth-order valence-corrected chi connectivity index (χ4v) is 2.11. The van der Waals surface area contributed by atoms with E-state index < -0.39 is 0 Å². The van der Waals surface area contributed by atoms with Gasteiger partial charge in [0.05, 0.1) is 0 Å². The zero-order valence-corrected chi connectivity index (χ0v) is 11.6. The number of rotatable bonds is 6. The van der Waals surface area contributed by atoms with E-state index in [0.717, 1.165) is 17.5 Å². The number of hydrogen-bond acceptors (Lipinski definition) is 1. The molecule has 0 saturated heterocycles. The Hall–Kier alpha value is -1.11. The van der Waals surface area contributed by atoms with Crippen molar-refractivity contribution in [3.8, 4) is 0 Å². The van der Waals surface area contributed by atoms with Crippen LogP contribution in [-0.4, -0.2) is 5.78 Å². The third-order valence-corrected chi connectivity index (χ3v) is 3.40. The molecule has 0 saturated carbocycles. The minimum Gasteiger partial charge on any atom is -0.294 e. The summed E-state index contributed by atoms with van der Waals surface area (Å²) >= 11 is 0. The van der Waals surface area contributed by atoms with Gasteiger partial charge in [0.25, 0.3) is 0 Å². The second kappa shape index (κ2) is 6.58. The molecule has 17 heavy (non-hydrogen) atoms. The number of carbonyl (C=O) groups excluding carboxylic acids is 1. The van der Waals surface area contributed by atoms with Crippen LogP contribution in [0.2, 0.25) is 0 Å². The van der Waals surface area contributed by atoms with Gasteiger partial charge < -0.3 is 0 Å². The maximum Gasteiger partial charge on any atom is 0.163 e. The molecule has 0 bridgehead atoms. The van der Waals surface area contributed by atoms with Gasteiger partial charge in [-0.05, 0) is 49.9 Å². The molecule has 0 spiro atoms. The van der Waals surface area contributed by atoms with Gasteiger partial charge in [0.15, 0.2) is 5.78 Å². The van der Waals surface area contributed by atoms with Gasteiger partial charge >= 0.3 is 0 Å². The summed E-state index contributed by atoms with van der Waals surface area (Å²) in [5, 5.41) is 0. The first kappa shape index (κ1) is 14.0. The van der Waals surface area contributed by atoms with E-state index in [9.17, 15) is 4.79 Å². The largest absolute Gasteiger partial charge is 0.294 e. The highest BCUT2D eigenvalue weighted by Gasteiger charge is 2.10. The SMILES string of the molecule is CCCCCCC(=O)c1cc(C)c(C)cc1C. The third-order valence-electron chi connectivity index (χ3n) is 3.40. The maximum absolute atomic E-state index is 12.1. The van der Waals surface area contributed by atoms with Crippen LogP contribution in [0.15, 0.2) is 12.1 Å². The molecule has 0 aliphatic rings. The average molecular weight is 232 g/mol. The first-order chi connectivity index (χ1) is 8.06. The molecule has 0 fully saturated rings. The van der Waals surface area contributed by atoms with Crippen LogP contribution in [0.1, 0.15) is 66.1 Å². The molecular weight excluding hydrogens is 208 g/mol. The molecule has 1 nitrogen and oxygen atoms in total. The summed E-state index contributed by atoms with van der Waals surface area (Å²) < 4.78 is 0. The summed E-state index contributed by atoms with van der Waals surface area (Å²) in [7, 11) is 0. The minimum atomic E-state index is 0.307. The zero-order valence-electron chi connectivity index (χ0n) is 11.6. The van der Waals surface area contributed by atoms with E-state index in [4.69, 9.17) is 0 Å². The van der Waals surface area contributed by atoms with Crippen molar-refractivity contribution in [2.24, 2.45) is 0 Å². The lowest BCUT2D eigenvalue weighted by Gasteiger charge is -2.08. The lowest BCUT2D eigenvalue weighted by atomic mass is 9.95. The lowest BCUT2D eigenvalue weighted by Crippen LogP contribution is -2.03. The van der Waals surface area contributed by atoms with E-state index in [1.807, 2.05) is 13.0 Å². The van der Waals surface area contributed by atoms with Gasteiger partial charge in [0, 0.05) is 12.0 Å². The summed E-state index contributed by atoms with van der Waals surface area (Å²) in [5.41, 5.74) is 4.52. The number of benzene rings is 1. The zero-order chi connectivity index (χ0) is 12.8. The van der Waals surface area contributed by atoms with Crippen molar-refractivity contribution in [1.82, 2.24) is 0 Å². The first-order valence-corrected chi connectivity index (χ1v) is 6.67. The smallest absolute Gasteiger partial charge is 0.163 e. The van der Waals surface area contributed by atoms with Crippen molar-refractivity contribution < 1.29 is 4.79 Å². The van der Waals surface area contributed by atoms with Gasteiger partial charge in [-0.2, -0.15) is 0 Å². The van der Waals surface area contributed by atoms with Crippen molar-refractivity contribution >= 4 is 5.78 Å². The fraction of sp³-hybridized carbons (Fsp3) is 0.562. The Kier molecular flexibility index (Phi) is 5.40. The molecule has 0 heterocycles. The Labute approximate surface area is 105 Å². The number of ketones is 1. The van der Waals surface area contributed by atoms with E-state index in [0.29, 0.717) is 12.2 Å². The summed E-state index contributed by atoms with van der Waals surface area (Å²) in [4.78, 5) is 12.1. The summed E-state index contributed by atoms with van der Waals surface area (Å²) in [6.45, 7) is 8.39. The summed E-state index contributed by atoms with van der Waals surface area (Å²) in [6, 6.07) is 4.17. The number of carbonyl (C=O) groups is 1. The second-order valence-electron chi connectivity index (χ2n) is 4.99. The molecule has 0 radical (unpaired) electrons. The van der Waals surface area contributed by atoms with Gasteiger partial charge in [-0.1, -0.05) is 32.3 Å². The van der Waals surface area contributed by atoms with Crippen LogP contribution in [0.25, 0.3) is 0 Å². The fourth-order valence-electron chi connectivity index (χ4n) is 2.11. The van der Waals surface area contributed by atoms with E-state index in [-0.39, 0.29) is 0 Å². The second-order valence-corrected chi connectivity index (χ2v) is 4.99. The Bertz CT molecular complexity index is 391. The van der Waals surface area contributed by atoms with Crippen LogP contribution in [0.3, 0.4) is 0 Å². The highest BCUT2D eigenvalue weighted by molar-refractivity contribution is 5.97. The van der Waals surface area contributed by atoms with Crippen LogP contribution >= 0.6 is 0 Å². The van der Waals surface area contributed by atoms with Crippen molar-refractivity contribution in [2.75, 3.05) is 0 Å². The molecule has 0 amide bonds. The first-order valence-electron chi connectivity index (χ1n) is 6.67. The summed E-state index contributed by atoms with van der Waals surface area (Å²) in [5.74, 6) is 0.307. The molecule has 94 valence electrons. The van der Waals surface area contributed by atoms with E-state index >= 15 is 0 Å². The van der Waals surface area contributed by atoms with Gasteiger partial charge in [-0.3, -0.25) is 4.79 Å². The van der Waals surface area contributed by atoms with Crippen molar-refractivity contribution in [3.05, 3.63) is 34.4 Å². The molecule has 1 rings (SSSR count). The maximum atomic E-state index is 12.1. The number of unbranched alkanes of at least 4 members (excludes halogenated alkanes) is 3. The Balaban J connectivity index is 2.66. The normalized spacial score (nSPS) is 10.6. The van der Waals surface area contributed by atoms with Gasteiger partial charge in [0.1, 0.15) is 0 Å². The molecule has 0 aliphatic heterocycles. The Morgan fingerprint density at radius 2 is 1.59 bits per heavy atom. The Morgan fingerprint density at radius 3 is 2.24 bits per heavy atom. The highest BCUT2D eigenvalue weighted by Crippen LogP contribution is 2.18. The predicted molar refractivity (Wildman–Crippen MR) is 73.7 cm³/mol. The number of hydrogen-bond donors (Lipinski definition) is 0. The minimum absolute atomic E-state index is 0.307. The van der Waals surface area contributed by atoms with Crippen molar-refractivity contribution in [3.63, 3.8) is 0 Å². The molecule has 0 unspecified atom stereocenters. The summed E-state index contributed by atoms with van der Waals surface area (Å²) in [6.07, 6.45) is 5.35. The van der Waals surface area contributed by atoms with Crippen LogP contribution in [0, 0.1) is 20.8 Å². The van der Waals surface area contributed by atoms with Crippen LogP contribution < -0.4 is 0 Å². The van der Waals surface area contributed by atoms with Gasteiger partial charge in [-0.25, -0.2) is 0 Å². The predicted octanol–water partition coefficient (Wildman–Crippen LogP) is 4.76. The lowest BCUT2D eigenvalue weighted by molar-refractivity contribution is 0.0978. The van der Waals surface area contributed by atoms with Crippen LogP contribution in [-0.2, 0) is 0 Å². The van der Waals surface area contributed by atoms with Crippen molar-refractivity contribution in [2.45, 2.75) is 59.8 Å². The molecular formula is C16H24O. The van der Waals surface area contributed by atoms with E-state index in [1.54, 1.807) is 0 Å². The monoisotopic (exact) mass is 232 g/mol. The molecule has 0 aliphatic carbocycles. The number of Topliss-reactive ketones (excluding diaryl/α,β-unsaturated/α-hetero) is 1. The van der Waals surface area contributed by atoms with Crippen LogP contribution in [0.5, 0.6) is 0 Å². The number of aryl methyl sites for hydroxylation is 3. The molecule has 1 heteroatoms. The topological polar surface area (TPSA) is 17.1 Å². The van der Waals surface area contributed by atoms with Gasteiger partial charge in [0.2, 0.25) is 0 Å².